The van der Waals surface area contributed by atoms with E-state index in [4.69, 9.17) is 14.7 Å². The van der Waals surface area contributed by atoms with Crippen LogP contribution in [0.15, 0.2) is 69.5 Å². The number of aliphatic imine (C=N–C) groups is 2. The highest BCUT2D eigenvalue weighted by molar-refractivity contribution is 7.91. The monoisotopic (exact) mass is 564 g/mol. The van der Waals surface area contributed by atoms with Crippen molar-refractivity contribution in [3.63, 3.8) is 0 Å². The van der Waals surface area contributed by atoms with E-state index in [9.17, 15) is 13.2 Å². The zero-order valence-electron chi connectivity index (χ0n) is 23.3. The van der Waals surface area contributed by atoms with E-state index in [2.05, 4.69) is 34.5 Å². The molecule has 1 saturated heterocycles. The number of sulfone groups is 1. The van der Waals surface area contributed by atoms with E-state index >= 15 is 0 Å². The highest BCUT2D eigenvalue weighted by Gasteiger charge is 2.38. The lowest BCUT2D eigenvalue weighted by atomic mass is 9.79. The number of aryl methyl sites for hydroxylation is 1. The highest BCUT2D eigenvalue weighted by atomic mass is 32.2. The first-order valence-electron chi connectivity index (χ1n) is 14.5. The topological polar surface area (TPSA) is 100 Å². The second-order valence-corrected chi connectivity index (χ2v) is 13.0. The van der Waals surface area contributed by atoms with Gasteiger partial charge in [0.05, 0.1) is 23.2 Å². The van der Waals surface area contributed by atoms with Gasteiger partial charge in [0.15, 0.2) is 16.0 Å². The average Bonchev–Trinajstić information content (AvgIpc) is 3.26. The van der Waals surface area contributed by atoms with Crippen LogP contribution >= 0.6 is 0 Å². The first-order chi connectivity index (χ1) is 19.4. The molecule has 3 atom stereocenters. The lowest BCUT2D eigenvalue weighted by Crippen LogP contribution is -2.45. The number of amidine groups is 1. The second kappa shape index (κ2) is 13.1. The first-order valence-corrected chi connectivity index (χ1v) is 16.2. The Labute approximate surface area is 237 Å². The smallest absolute Gasteiger partial charge is 0.220 e. The molecule has 0 spiro atoms. The van der Waals surface area contributed by atoms with Crippen molar-refractivity contribution in [3.8, 4) is 0 Å². The summed E-state index contributed by atoms with van der Waals surface area (Å²) in [5.41, 5.74) is 3.18. The van der Waals surface area contributed by atoms with Crippen LogP contribution in [0.1, 0.15) is 56.3 Å². The third kappa shape index (κ3) is 6.99. The molecule has 5 rings (SSSR count). The van der Waals surface area contributed by atoms with Gasteiger partial charge in [0, 0.05) is 38.4 Å². The van der Waals surface area contributed by atoms with Crippen molar-refractivity contribution in [2.24, 2.45) is 21.8 Å². The molecule has 8 nitrogen and oxygen atoms in total. The summed E-state index contributed by atoms with van der Waals surface area (Å²) >= 11 is 0. The van der Waals surface area contributed by atoms with Crippen LogP contribution in [0.25, 0.3) is 0 Å². The molecule has 2 aliphatic heterocycles. The molecule has 2 heterocycles. The molecule has 3 unspecified atom stereocenters. The summed E-state index contributed by atoms with van der Waals surface area (Å²) in [4.78, 5) is 25.0. The Morgan fingerprint density at radius 2 is 1.82 bits per heavy atom. The van der Waals surface area contributed by atoms with E-state index in [1.54, 1.807) is 24.3 Å². The van der Waals surface area contributed by atoms with Crippen molar-refractivity contribution < 1.29 is 17.9 Å². The van der Waals surface area contributed by atoms with Gasteiger partial charge in [0.25, 0.3) is 0 Å². The molecule has 0 aromatic heterocycles. The largest absolute Gasteiger partial charge is 0.380 e. The molecule has 9 heteroatoms. The van der Waals surface area contributed by atoms with Gasteiger partial charge in [-0.1, -0.05) is 42.5 Å². The number of benzene rings is 2. The lowest BCUT2D eigenvalue weighted by molar-refractivity contribution is -0.120. The number of carbonyl (C=O) groups excluding carboxylic acids is 1. The summed E-state index contributed by atoms with van der Waals surface area (Å²) in [6, 6.07) is 17.0. The Hall–Kier alpha value is -3.04. The maximum Gasteiger partial charge on any atom is 0.220 e. The van der Waals surface area contributed by atoms with Crippen LogP contribution in [-0.2, 0) is 25.8 Å². The maximum atomic E-state index is 13.1. The molecule has 0 bridgehead atoms. The minimum absolute atomic E-state index is 0.0318. The molecular weight excluding hydrogens is 524 g/mol. The van der Waals surface area contributed by atoms with Crippen LogP contribution in [0, 0.1) is 11.8 Å². The fourth-order valence-corrected chi connectivity index (χ4v) is 7.60. The van der Waals surface area contributed by atoms with Gasteiger partial charge < -0.3 is 15.0 Å². The Morgan fingerprint density at radius 3 is 2.60 bits per heavy atom. The van der Waals surface area contributed by atoms with Crippen LogP contribution in [0.5, 0.6) is 0 Å². The molecule has 1 saturated carbocycles. The number of hydrogen-bond donors (Lipinski definition) is 1. The summed E-state index contributed by atoms with van der Waals surface area (Å²) in [7, 11) is -3.36. The lowest BCUT2D eigenvalue weighted by Gasteiger charge is -2.39. The quantitative estimate of drug-likeness (QED) is 0.518. The molecule has 2 aromatic carbocycles. The molecule has 1 amide bonds. The third-order valence-electron chi connectivity index (χ3n) is 8.01. The summed E-state index contributed by atoms with van der Waals surface area (Å²) in [5.74, 6) is 1.43. The van der Waals surface area contributed by atoms with E-state index in [1.165, 1.54) is 0 Å². The predicted molar refractivity (Wildman–Crippen MR) is 157 cm³/mol. The van der Waals surface area contributed by atoms with E-state index < -0.39 is 9.84 Å². The second-order valence-electron chi connectivity index (χ2n) is 10.9. The predicted octanol–water partition coefficient (Wildman–Crippen LogP) is 4.22. The summed E-state index contributed by atoms with van der Waals surface area (Å²) < 4.78 is 32.0. The van der Waals surface area contributed by atoms with E-state index in [0.29, 0.717) is 37.3 Å². The molecular formula is C31H40N4O4S. The number of amides is 1. The molecule has 2 fully saturated rings. The van der Waals surface area contributed by atoms with Gasteiger partial charge in [-0.25, -0.2) is 13.4 Å². The standard InChI is InChI=1S/C31H40N4O4S/c1-2-32-29(36)16-12-23-9-13-25(14-10-23)30-33-28-21-24(22-40(37,38)26-7-4-3-5-8-26)11-15-27(28)31(34-30)35-17-6-19-39-20-18-35/h3-5,7-10,13-14,24,27,30H,2,6,11-12,15-22H2,1H3,(H,32,36). The number of carbonyl (C=O) groups is 1. The van der Waals surface area contributed by atoms with Gasteiger partial charge in [0.1, 0.15) is 5.84 Å². The normalized spacial score (nSPS) is 23.4. The molecule has 2 aromatic rings. The van der Waals surface area contributed by atoms with Crippen LogP contribution in [0.4, 0.5) is 0 Å². The number of nitrogens with zero attached hydrogens (tertiary/aromatic N) is 3. The Morgan fingerprint density at radius 1 is 1.02 bits per heavy atom. The first kappa shape index (κ1) is 28.5. The van der Waals surface area contributed by atoms with Gasteiger partial charge in [-0.15, -0.1) is 0 Å². The van der Waals surface area contributed by atoms with Crippen LogP contribution in [0.2, 0.25) is 0 Å². The average molecular weight is 565 g/mol. The third-order valence-corrected chi connectivity index (χ3v) is 9.91. The Kier molecular flexibility index (Phi) is 9.32. The van der Waals surface area contributed by atoms with E-state index in [0.717, 1.165) is 61.6 Å². The van der Waals surface area contributed by atoms with Crippen LogP contribution in [-0.4, -0.2) is 69.4 Å². The number of nitrogens with one attached hydrogen (secondary N) is 1. The molecule has 0 radical (unpaired) electrons. The van der Waals surface area contributed by atoms with Crippen molar-refractivity contribution in [3.05, 3.63) is 65.7 Å². The molecule has 1 aliphatic carbocycles. The van der Waals surface area contributed by atoms with Gasteiger partial charge in [-0.05, 0) is 68.2 Å². The zero-order chi connectivity index (χ0) is 28.0. The van der Waals surface area contributed by atoms with Crippen LogP contribution in [0.3, 0.4) is 0 Å². The number of fused-ring (bicyclic) bond motifs is 1. The van der Waals surface area contributed by atoms with Crippen molar-refractivity contribution in [1.29, 1.82) is 0 Å². The van der Waals surface area contributed by atoms with Crippen molar-refractivity contribution in [1.82, 2.24) is 10.2 Å². The van der Waals surface area contributed by atoms with E-state index in [-0.39, 0.29) is 29.7 Å². The summed E-state index contributed by atoms with van der Waals surface area (Å²) in [5, 5.41) is 2.85. The van der Waals surface area contributed by atoms with Crippen molar-refractivity contribution in [2.75, 3.05) is 38.6 Å². The fourth-order valence-electron chi connectivity index (χ4n) is 5.93. The molecule has 214 valence electrons. The molecule has 40 heavy (non-hydrogen) atoms. The van der Waals surface area contributed by atoms with E-state index in [1.807, 2.05) is 13.0 Å². The Bertz CT molecular complexity index is 1320. The highest BCUT2D eigenvalue weighted by Crippen LogP contribution is 2.37. The number of rotatable bonds is 8. The van der Waals surface area contributed by atoms with Crippen LogP contribution < -0.4 is 5.32 Å². The van der Waals surface area contributed by atoms with Gasteiger partial charge in [0.2, 0.25) is 5.91 Å². The minimum Gasteiger partial charge on any atom is -0.380 e. The van der Waals surface area contributed by atoms with Crippen molar-refractivity contribution >= 4 is 27.3 Å². The summed E-state index contributed by atoms with van der Waals surface area (Å²) in [6.07, 6.45) is 4.12. The number of ether oxygens (including phenoxy) is 1. The summed E-state index contributed by atoms with van der Waals surface area (Å²) in [6.45, 7) is 5.72. The SMILES string of the molecule is CCNC(=O)CCc1ccc(C2N=C3CC(CS(=O)(=O)c4ccccc4)CCC3C(N3CCCOCC3)=N2)cc1. The zero-order valence-corrected chi connectivity index (χ0v) is 24.1. The van der Waals surface area contributed by atoms with Gasteiger partial charge in [-0.3, -0.25) is 9.79 Å². The van der Waals surface area contributed by atoms with Gasteiger partial charge >= 0.3 is 0 Å². The number of hydrogen-bond acceptors (Lipinski definition) is 7. The van der Waals surface area contributed by atoms with Gasteiger partial charge in [-0.2, -0.15) is 0 Å². The maximum absolute atomic E-state index is 13.1. The minimum atomic E-state index is -3.36. The fraction of sp³-hybridized carbons (Fsp3) is 0.516. The molecule has 3 aliphatic rings. The molecule has 1 N–H and O–H groups in total. The van der Waals surface area contributed by atoms with Crippen molar-refractivity contribution in [2.45, 2.75) is 56.5 Å². The Balaban J connectivity index is 1.36.